The Balaban J connectivity index is 1.81. The lowest BCUT2D eigenvalue weighted by atomic mass is 10.1. The fraction of sp³-hybridized carbons (Fsp3) is 0.375. The van der Waals surface area contributed by atoms with E-state index in [2.05, 4.69) is 10.5 Å². The van der Waals surface area contributed by atoms with E-state index in [1.54, 1.807) is 32.9 Å². The second-order valence-corrected chi connectivity index (χ2v) is 5.17. The summed E-state index contributed by atoms with van der Waals surface area (Å²) < 4.78 is 23.6. The highest BCUT2D eigenvalue weighted by Crippen LogP contribution is 2.14. The number of aryl methyl sites for hydroxylation is 2. The summed E-state index contributed by atoms with van der Waals surface area (Å²) in [5, 5.41) is 6.60. The predicted octanol–water partition coefficient (Wildman–Crippen LogP) is 2.56. The fourth-order valence-corrected chi connectivity index (χ4v) is 2.05. The Morgan fingerprint density at radius 2 is 2.23 bits per heavy atom. The molecule has 0 aliphatic carbocycles. The van der Waals surface area contributed by atoms with Crippen LogP contribution in [0.1, 0.15) is 23.9 Å². The molecule has 1 heterocycles. The van der Waals surface area contributed by atoms with Crippen LogP contribution >= 0.6 is 0 Å². The van der Waals surface area contributed by atoms with Gasteiger partial charge in [0.05, 0.1) is 18.7 Å². The molecule has 118 valence electrons. The number of amides is 1. The molecule has 1 aromatic carbocycles. The molecule has 22 heavy (non-hydrogen) atoms. The van der Waals surface area contributed by atoms with Crippen LogP contribution in [0.5, 0.6) is 5.75 Å². The van der Waals surface area contributed by atoms with Crippen molar-refractivity contribution in [3.63, 3.8) is 0 Å². The fourth-order valence-electron chi connectivity index (χ4n) is 2.05. The number of hydrogen-bond acceptors (Lipinski definition) is 4. The molecule has 0 radical (unpaired) electrons. The van der Waals surface area contributed by atoms with E-state index in [0.29, 0.717) is 18.1 Å². The van der Waals surface area contributed by atoms with Gasteiger partial charge in [0.25, 0.3) is 0 Å². The molecule has 0 aliphatic rings. The van der Waals surface area contributed by atoms with Crippen molar-refractivity contribution in [3.8, 4) is 5.75 Å². The summed E-state index contributed by atoms with van der Waals surface area (Å²) >= 11 is 0. The van der Waals surface area contributed by atoms with Gasteiger partial charge in [0, 0.05) is 11.6 Å². The Hall–Kier alpha value is -2.37. The molecule has 6 heteroatoms. The van der Waals surface area contributed by atoms with Crippen LogP contribution in [0.15, 0.2) is 28.8 Å². The summed E-state index contributed by atoms with van der Waals surface area (Å²) in [5.41, 5.74) is 1.52. The molecule has 0 saturated carbocycles. The highest BCUT2D eigenvalue weighted by Gasteiger charge is 2.14. The molecule has 2 aromatic rings. The van der Waals surface area contributed by atoms with E-state index in [9.17, 15) is 9.18 Å². The number of carbonyl (C=O) groups is 1. The zero-order chi connectivity index (χ0) is 16.1. The van der Waals surface area contributed by atoms with E-state index < -0.39 is 0 Å². The standard InChI is InChI=1S/C16H19FN2O3/c1-10(21-14-6-4-5-13(17)7-14)9-18-16(20)8-15-11(2)19-22-12(15)3/h4-7,10H,8-9H2,1-3H3,(H,18,20)/t10-/m0/s1. The van der Waals surface area contributed by atoms with Crippen molar-refractivity contribution in [1.82, 2.24) is 10.5 Å². The van der Waals surface area contributed by atoms with E-state index in [4.69, 9.17) is 9.26 Å². The van der Waals surface area contributed by atoms with Crippen LogP contribution in [0.3, 0.4) is 0 Å². The van der Waals surface area contributed by atoms with Crippen molar-refractivity contribution in [1.29, 1.82) is 0 Å². The molecular weight excluding hydrogens is 287 g/mol. The minimum absolute atomic E-state index is 0.135. The summed E-state index contributed by atoms with van der Waals surface area (Å²) in [6.07, 6.45) is -0.0520. The van der Waals surface area contributed by atoms with Gasteiger partial charge in [-0.1, -0.05) is 11.2 Å². The van der Waals surface area contributed by atoms with Crippen molar-refractivity contribution in [3.05, 3.63) is 47.1 Å². The van der Waals surface area contributed by atoms with Gasteiger partial charge < -0.3 is 14.6 Å². The minimum Gasteiger partial charge on any atom is -0.489 e. The maximum Gasteiger partial charge on any atom is 0.224 e. The van der Waals surface area contributed by atoms with Gasteiger partial charge in [-0.15, -0.1) is 0 Å². The van der Waals surface area contributed by atoms with E-state index in [1.807, 2.05) is 0 Å². The largest absolute Gasteiger partial charge is 0.489 e. The highest BCUT2D eigenvalue weighted by molar-refractivity contribution is 5.79. The molecule has 1 atom stereocenters. The van der Waals surface area contributed by atoms with Crippen LogP contribution in [0.2, 0.25) is 0 Å². The number of aromatic nitrogens is 1. The number of halogens is 1. The number of nitrogens with one attached hydrogen (secondary N) is 1. The van der Waals surface area contributed by atoms with E-state index in [0.717, 1.165) is 11.3 Å². The van der Waals surface area contributed by atoms with Gasteiger partial charge in [0.2, 0.25) is 5.91 Å². The molecule has 0 fully saturated rings. The third kappa shape index (κ3) is 4.31. The SMILES string of the molecule is Cc1noc(C)c1CC(=O)NC[C@H](C)Oc1cccc(F)c1. The van der Waals surface area contributed by atoms with Gasteiger partial charge in [0.15, 0.2) is 0 Å². The first-order valence-electron chi connectivity index (χ1n) is 7.06. The molecule has 1 N–H and O–H groups in total. The van der Waals surface area contributed by atoms with E-state index in [1.165, 1.54) is 12.1 Å². The van der Waals surface area contributed by atoms with Crippen LogP contribution in [-0.2, 0) is 11.2 Å². The van der Waals surface area contributed by atoms with Crippen molar-refractivity contribution in [2.45, 2.75) is 33.3 Å². The molecule has 0 saturated heterocycles. The monoisotopic (exact) mass is 306 g/mol. The van der Waals surface area contributed by atoms with Gasteiger partial charge >= 0.3 is 0 Å². The van der Waals surface area contributed by atoms with Crippen LogP contribution in [0.4, 0.5) is 4.39 Å². The van der Waals surface area contributed by atoms with Crippen LogP contribution in [0, 0.1) is 19.7 Å². The predicted molar refractivity (Wildman–Crippen MR) is 79.2 cm³/mol. The normalized spacial score (nSPS) is 12.0. The number of benzene rings is 1. The van der Waals surface area contributed by atoms with Crippen LogP contribution in [0.25, 0.3) is 0 Å². The summed E-state index contributed by atoms with van der Waals surface area (Å²) in [6.45, 7) is 5.72. The van der Waals surface area contributed by atoms with Crippen LogP contribution in [-0.4, -0.2) is 23.7 Å². The molecule has 0 unspecified atom stereocenters. The second kappa shape index (κ2) is 7.06. The van der Waals surface area contributed by atoms with E-state index >= 15 is 0 Å². The molecule has 0 bridgehead atoms. The lowest BCUT2D eigenvalue weighted by Gasteiger charge is -2.15. The Morgan fingerprint density at radius 1 is 1.45 bits per heavy atom. The quantitative estimate of drug-likeness (QED) is 0.891. The topological polar surface area (TPSA) is 64.4 Å². The third-order valence-electron chi connectivity index (χ3n) is 3.24. The summed E-state index contributed by atoms with van der Waals surface area (Å²) in [7, 11) is 0. The zero-order valence-electron chi connectivity index (χ0n) is 12.9. The lowest BCUT2D eigenvalue weighted by Crippen LogP contribution is -2.34. The number of carbonyl (C=O) groups excluding carboxylic acids is 1. The van der Waals surface area contributed by atoms with Crippen LogP contribution < -0.4 is 10.1 Å². The number of ether oxygens (including phenoxy) is 1. The Kier molecular flexibility index (Phi) is 5.14. The minimum atomic E-state index is -0.354. The highest BCUT2D eigenvalue weighted by atomic mass is 19.1. The van der Waals surface area contributed by atoms with E-state index in [-0.39, 0.29) is 24.2 Å². The first-order chi connectivity index (χ1) is 10.5. The molecular formula is C16H19FN2O3. The van der Waals surface area contributed by atoms with Gasteiger partial charge in [-0.05, 0) is 32.9 Å². The molecule has 1 amide bonds. The molecule has 0 spiro atoms. The van der Waals surface area contributed by atoms with Crippen molar-refractivity contribution in [2.75, 3.05) is 6.54 Å². The van der Waals surface area contributed by atoms with Crippen molar-refractivity contribution in [2.24, 2.45) is 0 Å². The average Bonchev–Trinajstić information content (AvgIpc) is 2.77. The summed E-state index contributed by atoms with van der Waals surface area (Å²) in [4.78, 5) is 11.9. The average molecular weight is 306 g/mol. The van der Waals surface area contributed by atoms with Gasteiger partial charge in [0.1, 0.15) is 23.4 Å². The smallest absolute Gasteiger partial charge is 0.224 e. The second-order valence-electron chi connectivity index (χ2n) is 5.17. The third-order valence-corrected chi connectivity index (χ3v) is 3.24. The first kappa shape index (κ1) is 16.0. The van der Waals surface area contributed by atoms with Gasteiger partial charge in [-0.3, -0.25) is 4.79 Å². The molecule has 2 rings (SSSR count). The Morgan fingerprint density at radius 3 is 2.86 bits per heavy atom. The maximum absolute atomic E-state index is 13.1. The molecule has 1 aromatic heterocycles. The van der Waals surface area contributed by atoms with Crippen molar-refractivity contribution >= 4 is 5.91 Å². The number of hydrogen-bond donors (Lipinski definition) is 1. The maximum atomic E-state index is 13.1. The zero-order valence-corrected chi connectivity index (χ0v) is 12.9. The van der Waals surface area contributed by atoms with Crippen molar-refractivity contribution < 1.29 is 18.4 Å². The molecule has 5 nitrogen and oxygen atoms in total. The Labute approximate surface area is 128 Å². The number of nitrogens with zero attached hydrogens (tertiary/aromatic N) is 1. The summed E-state index contributed by atoms with van der Waals surface area (Å²) in [6, 6.07) is 5.91. The first-order valence-corrected chi connectivity index (χ1v) is 7.06. The molecule has 0 aliphatic heterocycles. The lowest BCUT2D eigenvalue weighted by molar-refractivity contribution is -0.120. The number of rotatable bonds is 6. The summed E-state index contributed by atoms with van der Waals surface area (Å²) in [5.74, 6) is 0.598. The Bertz CT molecular complexity index is 635. The van der Waals surface area contributed by atoms with Gasteiger partial charge in [-0.2, -0.15) is 0 Å². The van der Waals surface area contributed by atoms with Gasteiger partial charge in [-0.25, -0.2) is 4.39 Å².